The van der Waals surface area contributed by atoms with Gasteiger partial charge in [0.15, 0.2) is 0 Å². The van der Waals surface area contributed by atoms with E-state index in [0.717, 1.165) is 11.4 Å². The quantitative estimate of drug-likeness (QED) is 0.795. The fourth-order valence-electron chi connectivity index (χ4n) is 1.61. The summed E-state index contributed by atoms with van der Waals surface area (Å²) in [6.45, 7) is 3.94. The van der Waals surface area contributed by atoms with Gasteiger partial charge in [0.2, 0.25) is 5.95 Å². The first kappa shape index (κ1) is 14.5. The van der Waals surface area contributed by atoms with Gasteiger partial charge in [-0.3, -0.25) is 4.79 Å². The average molecular weight is 284 g/mol. The summed E-state index contributed by atoms with van der Waals surface area (Å²) in [5.41, 5.74) is 1.20. The molecule has 0 aliphatic carbocycles. The van der Waals surface area contributed by atoms with Crippen molar-refractivity contribution in [2.45, 2.75) is 0 Å². The van der Waals surface area contributed by atoms with Crippen molar-refractivity contribution in [3.05, 3.63) is 54.9 Å². The van der Waals surface area contributed by atoms with Crippen LogP contribution in [0.25, 0.3) is 0 Å². The highest BCUT2D eigenvalue weighted by molar-refractivity contribution is 5.93. The molecule has 108 valence electrons. The molecule has 0 bridgehead atoms. The molecule has 0 aliphatic heterocycles. The van der Waals surface area contributed by atoms with Crippen LogP contribution >= 0.6 is 0 Å². The van der Waals surface area contributed by atoms with Gasteiger partial charge in [-0.15, -0.1) is 6.58 Å². The Hall–Kier alpha value is -2.89. The zero-order valence-electron chi connectivity index (χ0n) is 11.7. The van der Waals surface area contributed by atoms with E-state index in [2.05, 4.69) is 27.2 Å². The van der Waals surface area contributed by atoms with Crippen molar-refractivity contribution in [3.63, 3.8) is 0 Å². The largest absolute Gasteiger partial charge is 0.497 e. The van der Waals surface area contributed by atoms with E-state index in [0.29, 0.717) is 18.1 Å². The van der Waals surface area contributed by atoms with Crippen molar-refractivity contribution >= 4 is 17.5 Å². The molecule has 2 N–H and O–H groups in total. The lowest BCUT2D eigenvalue weighted by atomic mass is 10.3. The molecule has 0 unspecified atom stereocenters. The summed E-state index contributed by atoms with van der Waals surface area (Å²) in [5, 5.41) is 5.70. The maximum atomic E-state index is 11.7. The molecular weight excluding hydrogens is 268 g/mol. The van der Waals surface area contributed by atoms with Crippen LogP contribution in [0, 0.1) is 0 Å². The lowest BCUT2D eigenvalue weighted by Gasteiger charge is -2.07. The summed E-state index contributed by atoms with van der Waals surface area (Å²) < 4.78 is 5.14. The van der Waals surface area contributed by atoms with Crippen molar-refractivity contribution in [1.82, 2.24) is 15.3 Å². The molecule has 0 fully saturated rings. The molecule has 0 radical (unpaired) electrons. The number of hydrogen-bond acceptors (Lipinski definition) is 5. The van der Waals surface area contributed by atoms with Crippen molar-refractivity contribution in [2.24, 2.45) is 0 Å². The molecule has 0 atom stereocenters. The third-order valence-corrected chi connectivity index (χ3v) is 2.65. The van der Waals surface area contributed by atoms with E-state index < -0.39 is 0 Å². The number of nitrogens with one attached hydrogen (secondary N) is 2. The summed E-state index contributed by atoms with van der Waals surface area (Å²) in [4.78, 5) is 19.9. The van der Waals surface area contributed by atoms with Crippen molar-refractivity contribution in [2.75, 3.05) is 19.0 Å². The van der Waals surface area contributed by atoms with Crippen LogP contribution < -0.4 is 15.4 Å². The minimum absolute atomic E-state index is 0.233. The van der Waals surface area contributed by atoms with Gasteiger partial charge in [0.05, 0.1) is 12.7 Å². The molecule has 0 aliphatic rings. The molecule has 21 heavy (non-hydrogen) atoms. The molecule has 6 heteroatoms. The van der Waals surface area contributed by atoms with Gasteiger partial charge in [0.25, 0.3) is 5.91 Å². The van der Waals surface area contributed by atoms with E-state index in [4.69, 9.17) is 4.74 Å². The van der Waals surface area contributed by atoms with Crippen LogP contribution in [0.3, 0.4) is 0 Å². The van der Waals surface area contributed by atoms with E-state index in [-0.39, 0.29) is 5.91 Å². The van der Waals surface area contributed by atoms with E-state index in [1.807, 2.05) is 24.3 Å². The normalized spacial score (nSPS) is 9.76. The molecule has 0 saturated heterocycles. The van der Waals surface area contributed by atoms with Gasteiger partial charge in [-0.2, -0.15) is 0 Å². The van der Waals surface area contributed by atoms with Gasteiger partial charge < -0.3 is 15.4 Å². The number of ether oxygens (including phenoxy) is 1. The van der Waals surface area contributed by atoms with Gasteiger partial charge >= 0.3 is 0 Å². The second-order valence-electron chi connectivity index (χ2n) is 4.15. The zero-order valence-corrected chi connectivity index (χ0v) is 11.7. The summed E-state index contributed by atoms with van der Waals surface area (Å²) in [7, 11) is 1.60. The number of hydrogen-bond donors (Lipinski definition) is 2. The first-order chi connectivity index (χ1) is 10.2. The molecule has 6 nitrogen and oxygen atoms in total. The topological polar surface area (TPSA) is 76.1 Å². The van der Waals surface area contributed by atoms with Crippen LogP contribution in [-0.2, 0) is 0 Å². The molecule has 1 amide bonds. The standard InChI is InChI=1S/C15H16N4O2/c1-3-7-16-14(20)11-9-17-15(18-10-11)19-12-5-4-6-13(8-12)21-2/h3-6,8-10H,1,7H2,2H3,(H,16,20)(H,17,18,19). The Balaban J connectivity index is 2.04. The number of nitrogens with zero attached hydrogens (tertiary/aromatic N) is 2. The maximum absolute atomic E-state index is 11.7. The van der Waals surface area contributed by atoms with Crippen LogP contribution in [-0.4, -0.2) is 29.5 Å². The summed E-state index contributed by atoms with van der Waals surface area (Å²) in [6, 6.07) is 7.40. The molecule has 2 aromatic rings. The Morgan fingerprint density at radius 1 is 1.38 bits per heavy atom. The van der Waals surface area contributed by atoms with Gasteiger partial charge in [-0.1, -0.05) is 12.1 Å². The highest BCUT2D eigenvalue weighted by Crippen LogP contribution is 2.19. The van der Waals surface area contributed by atoms with Gasteiger partial charge in [-0.25, -0.2) is 9.97 Å². The first-order valence-corrected chi connectivity index (χ1v) is 6.35. The van der Waals surface area contributed by atoms with Crippen molar-refractivity contribution < 1.29 is 9.53 Å². The highest BCUT2D eigenvalue weighted by Gasteiger charge is 2.06. The lowest BCUT2D eigenvalue weighted by Crippen LogP contribution is -2.23. The predicted molar refractivity (Wildman–Crippen MR) is 80.8 cm³/mol. The number of benzene rings is 1. The Labute approximate surface area is 122 Å². The second kappa shape index (κ2) is 7.04. The lowest BCUT2D eigenvalue weighted by molar-refractivity contribution is 0.0957. The maximum Gasteiger partial charge on any atom is 0.254 e. The minimum Gasteiger partial charge on any atom is -0.497 e. The molecule has 0 saturated carbocycles. The van der Waals surface area contributed by atoms with Gasteiger partial charge in [0.1, 0.15) is 5.75 Å². The zero-order chi connectivity index (χ0) is 15.1. The van der Waals surface area contributed by atoms with Gasteiger partial charge in [0, 0.05) is 30.7 Å². The summed E-state index contributed by atoms with van der Waals surface area (Å²) in [5.74, 6) is 0.909. The second-order valence-corrected chi connectivity index (χ2v) is 4.15. The number of aromatic nitrogens is 2. The highest BCUT2D eigenvalue weighted by atomic mass is 16.5. The Morgan fingerprint density at radius 2 is 2.14 bits per heavy atom. The van der Waals surface area contributed by atoms with Crippen LogP contribution in [0.15, 0.2) is 49.3 Å². The van der Waals surface area contributed by atoms with E-state index in [1.165, 1.54) is 12.4 Å². The molecular formula is C15H16N4O2. The Morgan fingerprint density at radius 3 is 2.81 bits per heavy atom. The number of anilines is 2. The average Bonchev–Trinajstić information content (AvgIpc) is 2.53. The number of methoxy groups -OCH3 is 1. The molecule has 1 aromatic heterocycles. The van der Waals surface area contributed by atoms with Crippen molar-refractivity contribution in [3.8, 4) is 5.75 Å². The van der Waals surface area contributed by atoms with Crippen LogP contribution in [0.5, 0.6) is 5.75 Å². The summed E-state index contributed by atoms with van der Waals surface area (Å²) in [6.07, 6.45) is 4.54. The molecule has 1 aromatic carbocycles. The molecule has 0 spiro atoms. The number of rotatable bonds is 6. The summed E-state index contributed by atoms with van der Waals surface area (Å²) >= 11 is 0. The molecule has 2 rings (SSSR count). The monoisotopic (exact) mass is 284 g/mol. The van der Waals surface area contributed by atoms with Crippen LogP contribution in [0.4, 0.5) is 11.6 Å². The Kier molecular flexibility index (Phi) is 4.87. The van der Waals surface area contributed by atoms with Crippen LogP contribution in [0.1, 0.15) is 10.4 Å². The number of carbonyl (C=O) groups is 1. The fraction of sp³-hybridized carbons (Fsp3) is 0.133. The van der Waals surface area contributed by atoms with Gasteiger partial charge in [-0.05, 0) is 12.1 Å². The smallest absolute Gasteiger partial charge is 0.254 e. The molecule has 1 heterocycles. The third-order valence-electron chi connectivity index (χ3n) is 2.65. The SMILES string of the molecule is C=CCNC(=O)c1cnc(Nc2cccc(OC)c2)nc1. The van der Waals surface area contributed by atoms with Crippen molar-refractivity contribution in [1.29, 1.82) is 0 Å². The third kappa shape index (κ3) is 4.04. The fourth-order valence-corrected chi connectivity index (χ4v) is 1.61. The minimum atomic E-state index is -0.233. The van der Waals surface area contributed by atoms with E-state index in [1.54, 1.807) is 13.2 Å². The first-order valence-electron chi connectivity index (χ1n) is 6.35. The predicted octanol–water partition coefficient (Wildman–Crippen LogP) is 2.14. The number of amides is 1. The van der Waals surface area contributed by atoms with Crippen LogP contribution in [0.2, 0.25) is 0 Å². The van der Waals surface area contributed by atoms with E-state index in [9.17, 15) is 4.79 Å². The Bertz CT molecular complexity index is 626. The number of carbonyl (C=O) groups excluding carboxylic acids is 1. The van der Waals surface area contributed by atoms with E-state index >= 15 is 0 Å².